The fourth-order valence-corrected chi connectivity index (χ4v) is 10.9. The Bertz CT molecular complexity index is 1480. The van der Waals surface area contributed by atoms with Crippen LogP contribution in [0.15, 0.2) is 60.2 Å². The molecule has 0 bridgehead atoms. The van der Waals surface area contributed by atoms with Gasteiger partial charge in [0.25, 0.3) is 0 Å². The van der Waals surface area contributed by atoms with Gasteiger partial charge in [-0.3, -0.25) is 0 Å². The summed E-state index contributed by atoms with van der Waals surface area (Å²) in [5.74, 6) is 2.84. The summed E-state index contributed by atoms with van der Waals surface area (Å²) in [5, 5.41) is 2.87. The molecule has 0 spiro atoms. The molecule has 2 rings (SSSR count). The minimum Gasteiger partial charge on any atom is -0.0654 e. The van der Waals surface area contributed by atoms with E-state index in [0.717, 1.165) is 31.3 Å². The van der Waals surface area contributed by atoms with Gasteiger partial charge in [0.15, 0.2) is 0 Å². The van der Waals surface area contributed by atoms with Crippen LogP contribution in [0.1, 0.15) is 327 Å². The zero-order chi connectivity index (χ0) is 50.5. The van der Waals surface area contributed by atoms with Crippen LogP contribution in [0, 0.1) is 0 Å². The van der Waals surface area contributed by atoms with Crippen molar-refractivity contribution in [2.45, 2.75) is 328 Å². The normalized spacial score (nSPS) is 11.4. The van der Waals surface area contributed by atoms with Crippen molar-refractivity contribution < 1.29 is 19.2 Å². The second-order valence-electron chi connectivity index (χ2n) is 21.1. The molecular weight excluding hydrogens is 891 g/mol. The zero-order valence-electron chi connectivity index (χ0n) is 47.4. The van der Waals surface area contributed by atoms with Crippen LogP contribution in [-0.4, -0.2) is 10.7 Å². The third-order valence-corrected chi connectivity index (χ3v) is 15.8. The van der Waals surface area contributed by atoms with Gasteiger partial charge in [-0.25, -0.2) is 0 Å². The minimum absolute atomic E-state index is 0.873. The molecule has 0 saturated heterocycles. The Labute approximate surface area is 444 Å². The first-order chi connectivity index (χ1) is 34.6. The summed E-state index contributed by atoms with van der Waals surface area (Å²) in [6, 6.07) is 17.9. The SMILES string of the molecule is CCCCCCC(=C=[N+]=[N-])C=C(c1ccc(CCCCC)cc1)c1cccc(CCCC)c1.CCCCCCCCCCCCCCCCC[CH2][Ni][CH2]CCCCCCCCCCCCCCCCC. The molecule has 2 nitrogen and oxygen atoms in total. The number of unbranched alkanes of at least 4 members (excludes halogenated alkanes) is 36. The van der Waals surface area contributed by atoms with Crippen LogP contribution in [-0.2, 0) is 27.3 Å². The summed E-state index contributed by atoms with van der Waals surface area (Å²) < 4.78 is 0. The van der Waals surface area contributed by atoms with E-state index >= 15 is 0 Å². The van der Waals surface area contributed by atoms with Gasteiger partial charge in [-0.2, -0.15) is 0 Å². The van der Waals surface area contributed by atoms with Gasteiger partial charge >= 0.3 is 172 Å². The van der Waals surface area contributed by atoms with E-state index in [4.69, 9.17) is 0 Å². The first-order valence-electron chi connectivity index (χ1n) is 30.9. The molecule has 0 unspecified atom stereocenters. The number of nitrogens with zero attached hydrogens (tertiary/aromatic N) is 2. The Kier molecular flexibility index (Phi) is 50.0. The summed E-state index contributed by atoms with van der Waals surface area (Å²) in [6.45, 7) is 11.3. The number of rotatable bonds is 49. The molecule has 0 aliphatic carbocycles. The molecule has 2 aromatic carbocycles. The van der Waals surface area contributed by atoms with E-state index in [9.17, 15) is 5.53 Å². The second-order valence-corrected chi connectivity index (χ2v) is 22.6. The molecule has 3 heteroatoms. The summed E-state index contributed by atoms with van der Waals surface area (Å²) in [5.41, 5.74) is 16.6. The van der Waals surface area contributed by atoms with Gasteiger partial charge in [0.05, 0.1) is 5.57 Å². The Morgan fingerprint density at radius 2 is 0.771 bits per heavy atom. The zero-order valence-corrected chi connectivity index (χ0v) is 48.4. The molecule has 2 aromatic rings. The third-order valence-electron chi connectivity index (χ3n) is 14.4. The summed E-state index contributed by atoms with van der Waals surface area (Å²) >= 11 is 2.04. The van der Waals surface area contributed by atoms with Gasteiger partial charge in [-0.05, 0) is 72.4 Å². The predicted octanol–water partition coefficient (Wildman–Crippen LogP) is 23.4. The molecular formula is C67H116N2Ni. The van der Waals surface area contributed by atoms with E-state index in [-0.39, 0.29) is 0 Å². The Morgan fingerprint density at radius 3 is 1.19 bits per heavy atom. The van der Waals surface area contributed by atoms with Gasteiger partial charge in [-0.1, -0.05) is 186 Å². The number of benzene rings is 2. The van der Waals surface area contributed by atoms with Crippen molar-refractivity contribution in [1.82, 2.24) is 0 Å². The molecule has 0 aliphatic heterocycles. The van der Waals surface area contributed by atoms with Crippen LogP contribution in [0.3, 0.4) is 0 Å². The van der Waals surface area contributed by atoms with E-state index < -0.39 is 0 Å². The van der Waals surface area contributed by atoms with E-state index in [1.54, 1.807) is 0 Å². The molecule has 0 aliphatic rings. The molecule has 0 radical (unpaired) electrons. The van der Waals surface area contributed by atoms with Crippen molar-refractivity contribution in [2.75, 3.05) is 0 Å². The standard InChI is InChI=1S/C31H42N2.2C18H37.Ni/c1-4-7-10-12-16-28(25-33-32)24-31(30-18-13-17-27(23-30)14-9-6-3)29-21-19-26(20-22-29)15-11-8-5-2;2*1-3-5-7-9-11-13-15-17-18-16-14-12-10-8-6-4-2;/h13,17-24H,4-12,14-16H2,1-3H3;2*1,3-18H2,2H3;. The van der Waals surface area contributed by atoms with Gasteiger partial charge < -0.3 is 5.53 Å². The fraction of sp³-hybridized carbons (Fsp3) is 0.761. The van der Waals surface area contributed by atoms with Gasteiger partial charge in [0.1, 0.15) is 0 Å². The number of hydrogen-bond acceptors (Lipinski definition) is 0. The average Bonchev–Trinajstić information content (AvgIpc) is 3.38. The van der Waals surface area contributed by atoms with E-state index in [1.807, 2.05) is 14.4 Å². The van der Waals surface area contributed by atoms with Crippen molar-refractivity contribution in [3.8, 4) is 0 Å². The topological polar surface area (TPSA) is 36.4 Å². The van der Waals surface area contributed by atoms with E-state index in [1.165, 1.54) is 295 Å². The smallest absolute Gasteiger partial charge is 0.0654 e. The Morgan fingerprint density at radius 1 is 0.400 bits per heavy atom. The van der Waals surface area contributed by atoms with E-state index in [2.05, 4.69) is 99.9 Å². The molecule has 70 heavy (non-hydrogen) atoms. The monoisotopic (exact) mass is 1010 g/mol. The van der Waals surface area contributed by atoms with Crippen LogP contribution >= 0.6 is 0 Å². The maximum absolute atomic E-state index is 9.24. The quantitative estimate of drug-likeness (QED) is 0.0158. The predicted molar refractivity (Wildman–Crippen MR) is 311 cm³/mol. The number of aryl methyl sites for hydroxylation is 2. The summed E-state index contributed by atoms with van der Waals surface area (Å²) in [4.78, 5) is 3.26. The van der Waals surface area contributed by atoms with Crippen molar-refractivity contribution in [2.24, 2.45) is 0 Å². The molecule has 0 atom stereocenters. The summed E-state index contributed by atoms with van der Waals surface area (Å²) in [7, 11) is 0. The molecule has 0 N–H and O–H groups in total. The molecule has 0 fully saturated rings. The first-order valence-corrected chi connectivity index (χ1v) is 32.3. The molecule has 0 aromatic heterocycles. The molecule has 0 saturated carbocycles. The average molecular weight is 1010 g/mol. The first kappa shape index (κ1) is 65.8. The van der Waals surface area contributed by atoms with Crippen LogP contribution in [0.25, 0.3) is 11.1 Å². The van der Waals surface area contributed by atoms with Crippen LogP contribution in [0.2, 0.25) is 10.8 Å². The van der Waals surface area contributed by atoms with Gasteiger partial charge in [-0.15, -0.1) is 4.79 Å². The van der Waals surface area contributed by atoms with Crippen molar-refractivity contribution >= 4 is 11.4 Å². The van der Waals surface area contributed by atoms with Crippen LogP contribution in [0.5, 0.6) is 0 Å². The van der Waals surface area contributed by atoms with Gasteiger partial charge in [0, 0.05) is 0 Å². The Balaban J connectivity index is 0.000000703. The number of allylic oxidation sites excluding steroid dienone is 2. The van der Waals surface area contributed by atoms with Gasteiger partial charge in [0.2, 0.25) is 0 Å². The third kappa shape index (κ3) is 41.3. The molecule has 0 amide bonds. The van der Waals surface area contributed by atoms with Crippen molar-refractivity contribution in [1.29, 1.82) is 0 Å². The van der Waals surface area contributed by atoms with Crippen molar-refractivity contribution in [3.05, 3.63) is 88.0 Å². The second kappa shape index (κ2) is 53.1. The maximum atomic E-state index is 9.24. The van der Waals surface area contributed by atoms with Crippen LogP contribution < -0.4 is 0 Å². The molecule has 404 valence electrons. The van der Waals surface area contributed by atoms with Crippen LogP contribution in [0.4, 0.5) is 0 Å². The fourth-order valence-electron chi connectivity index (χ4n) is 9.67. The minimum atomic E-state index is 0.873. The van der Waals surface area contributed by atoms with Crippen molar-refractivity contribution in [3.63, 3.8) is 0 Å². The van der Waals surface area contributed by atoms with E-state index in [0.29, 0.717) is 0 Å². The Hall–Kier alpha value is -2.17. The number of hydrogen-bond donors (Lipinski definition) is 0. The summed E-state index contributed by atoms with van der Waals surface area (Å²) in [6.07, 6.45) is 63.4. The molecule has 0 heterocycles.